The van der Waals surface area contributed by atoms with E-state index in [1.54, 1.807) is 0 Å². The Morgan fingerprint density at radius 2 is 2.00 bits per heavy atom. The molecule has 0 spiro atoms. The Morgan fingerprint density at radius 1 is 1.46 bits per heavy atom. The van der Waals surface area contributed by atoms with Gasteiger partial charge in [-0.3, -0.25) is 0 Å². The van der Waals surface area contributed by atoms with Gasteiger partial charge in [0, 0.05) is 0 Å². The van der Waals surface area contributed by atoms with Crippen molar-refractivity contribution in [2.45, 2.75) is 46.6 Å². The van der Waals surface area contributed by atoms with Gasteiger partial charge < -0.3 is 4.74 Å². The van der Waals surface area contributed by atoms with Gasteiger partial charge in [-0.15, -0.1) is 0 Å². The Kier molecular flexibility index (Phi) is 5.97. The average molecular weight is 220 g/mol. The Labute approximate surface area is 91.6 Å². The first-order valence-corrected chi connectivity index (χ1v) is 6.27. The van der Waals surface area contributed by atoms with Crippen LogP contribution in [0.5, 0.6) is 0 Å². The summed E-state index contributed by atoms with van der Waals surface area (Å²) < 4.78 is 6.28. The van der Waals surface area contributed by atoms with Crippen LogP contribution in [-0.4, -0.2) is 16.7 Å². The molecule has 0 saturated carbocycles. The summed E-state index contributed by atoms with van der Waals surface area (Å²) in [6.45, 7) is 8.81. The molecular formula is C10H20OS2. The van der Waals surface area contributed by atoms with Crippen LogP contribution in [0.1, 0.15) is 40.5 Å². The fraction of sp³-hybridized carbons (Fsp3) is 0.900. The molecule has 0 aliphatic carbocycles. The highest BCUT2D eigenvalue weighted by Gasteiger charge is 2.19. The van der Waals surface area contributed by atoms with Gasteiger partial charge in [0.15, 0.2) is 0 Å². The zero-order chi connectivity index (χ0) is 10.5. The number of hydrogen-bond acceptors (Lipinski definition) is 3. The number of ether oxygens (including phenoxy) is 1. The van der Waals surface area contributed by atoms with Crippen molar-refractivity contribution in [1.29, 1.82) is 0 Å². The molecule has 1 unspecified atom stereocenters. The summed E-state index contributed by atoms with van der Waals surface area (Å²) in [6, 6.07) is 0. The lowest BCUT2D eigenvalue weighted by atomic mass is 9.88. The van der Waals surface area contributed by atoms with E-state index in [-0.39, 0.29) is 6.10 Å². The van der Waals surface area contributed by atoms with E-state index < -0.39 is 0 Å². The summed E-state index contributed by atoms with van der Waals surface area (Å²) in [5.74, 6) is 0. The molecule has 0 aromatic rings. The van der Waals surface area contributed by atoms with Crippen molar-refractivity contribution in [2.75, 3.05) is 6.26 Å². The zero-order valence-corrected chi connectivity index (χ0v) is 10.8. The largest absolute Gasteiger partial charge is 0.475 e. The third kappa shape index (κ3) is 7.32. The monoisotopic (exact) mass is 220 g/mol. The molecule has 0 fully saturated rings. The van der Waals surface area contributed by atoms with E-state index in [9.17, 15) is 0 Å². The molecule has 0 aromatic carbocycles. The first kappa shape index (κ1) is 13.2. The van der Waals surface area contributed by atoms with Gasteiger partial charge >= 0.3 is 0 Å². The molecule has 0 aliphatic heterocycles. The minimum atomic E-state index is 0.278. The van der Waals surface area contributed by atoms with E-state index in [1.165, 1.54) is 11.8 Å². The van der Waals surface area contributed by atoms with Crippen molar-refractivity contribution in [3.8, 4) is 0 Å². The van der Waals surface area contributed by atoms with Crippen molar-refractivity contribution in [2.24, 2.45) is 5.41 Å². The molecular weight excluding hydrogens is 200 g/mol. The number of hydrogen-bond donors (Lipinski definition) is 0. The average Bonchev–Trinajstić information content (AvgIpc) is 2.00. The Balaban J connectivity index is 3.97. The Morgan fingerprint density at radius 3 is 2.31 bits per heavy atom. The standard InChI is InChI=1S/C10H20OS2/c1-6-8(7-10(2,3)4)11-9(12)13-5/h8H,6-7H2,1-5H3. The van der Waals surface area contributed by atoms with E-state index in [4.69, 9.17) is 17.0 Å². The molecule has 78 valence electrons. The van der Waals surface area contributed by atoms with Crippen LogP contribution in [0.4, 0.5) is 0 Å². The van der Waals surface area contributed by atoms with Crippen LogP contribution >= 0.6 is 24.0 Å². The third-order valence-electron chi connectivity index (χ3n) is 1.72. The van der Waals surface area contributed by atoms with Gasteiger partial charge in [-0.25, -0.2) is 0 Å². The summed E-state index contributed by atoms with van der Waals surface area (Å²) in [4.78, 5) is 0. The highest BCUT2D eigenvalue weighted by molar-refractivity contribution is 8.22. The highest BCUT2D eigenvalue weighted by atomic mass is 32.2. The van der Waals surface area contributed by atoms with Crippen LogP contribution in [0, 0.1) is 5.41 Å². The number of rotatable bonds is 3. The molecule has 0 rings (SSSR count). The van der Waals surface area contributed by atoms with Crippen molar-refractivity contribution < 1.29 is 4.74 Å². The van der Waals surface area contributed by atoms with Gasteiger partial charge in [-0.2, -0.15) is 0 Å². The van der Waals surface area contributed by atoms with Gasteiger partial charge in [0.05, 0.1) is 0 Å². The summed E-state index contributed by atoms with van der Waals surface area (Å²) in [5.41, 5.74) is 0.314. The van der Waals surface area contributed by atoms with E-state index in [0.717, 1.165) is 12.8 Å². The van der Waals surface area contributed by atoms with Crippen molar-refractivity contribution in [1.82, 2.24) is 0 Å². The van der Waals surface area contributed by atoms with Crippen LogP contribution in [0.25, 0.3) is 0 Å². The van der Waals surface area contributed by atoms with Crippen LogP contribution in [0.2, 0.25) is 0 Å². The van der Waals surface area contributed by atoms with Crippen molar-refractivity contribution in [3.63, 3.8) is 0 Å². The second-order valence-electron chi connectivity index (χ2n) is 4.37. The quantitative estimate of drug-likeness (QED) is 0.668. The predicted molar refractivity (Wildman–Crippen MR) is 65.3 cm³/mol. The Bertz CT molecular complexity index is 161. The molecule has 0 bridgehead atoms. The number of thiocarbonyl (C=S) groups is 1. The topological polar surface area (TPSA) is 9.23 Å². The lowest BCUT2D eigenvalue weighted by Crippen LogP contribution is -2.21. The molecule has 0 amide bonds. The van der Waals surface area contributed by atoms with Crippen LogP contribution < -0.4 is 0 Å². The second-order valence-corrected chi connectivity index (χ2v) is 5.78. The van der Waals surface area contributed by atoms with E-state index in [2.05, 4.69) is 27.7 Å². The maximum Gasteiger partial charge on any atom is 0.219 e. The molecule has 1 nitrogen and oxygen atoms in total. The minimum absolute atomic E-state index is 0.278. The normalized spacial score (nSPS) is 13.9. The smallest absolute Gasteiger partial charge is 0.219 e. The first-order chi connectivity index (χ1) is 5.89. The van der Waals surface area contributed by atoms with Gasteiger partial charge in [0.25, 0.3) is 0 Å². The van der Waals surface area contributed by atoms with Gasteiger partial charge in [-0.05, 0) is 36.7 Å². The van der Waals surface area contributed by atoms with Crippen LogP contribution in [-0.2, 0) is 4.74 Å². The lowest BCUT2D eigenvalue weighted by Gasteiger charge is -2.25. The summed E-state index contributed by atoms with van der Waals surface area (Å²) in [7, 11) is 0. The molecule has 0 radical (unpaired) electrons. The molecule has 0 N–H and O–H groups in total. The first-order valence-electron chi connectivity index (χ1n) is 4.63. The zero-order valence-electron chi connectivity index (χ0n) is 9.22. The molecule has 3 heteroatoms. The molecule has 0 aliphatic rings. The lowest BCUT2D eigenvalue weighted by molar-refractivity contribution is 0.138. The molecule has 0 saturated heterocycles. The van der Waals surface area contributed by atoms with Crippen molar-refractivity contribution in [3.05, 3.63) is 0 Å². The van der Waals surface area contributed by atoms with E-state index >= 15 is 0 Å². The Hall–Kier alpha value is 0.240. The number of thioether (sulfide) groups is 1. The SMILES string of the molecule is CCC(CC(C)(C)C)OC(=S)SC. The molecule has 13 heavy (non-hydrogen) atoms. The summed E-state index contributed by atoms with van der Waals surface area (Å²) in [6.07, 6.45) is 4.31. The van der Waals surface area contributed by atoms with Gasteiger partial charge in [0.2, 0.25) is 4.38 Å². The van der Waals surface area contributed by atoms with E-state index in [0.29, 0.717) is 9.80 Å². The molecule has 0 aromatic heterocycles. The second kappa shape index (κ2) is 5.86. The fourth-order valence-electron chi connectivity index (χ4n) is 1.14. The van der Waals surface area contributed by atoms with Crippen molar-refractivity contribution >= 4 is 28.4 Å². The van der Waals surface area contributed by atoms with Crippen LogP contribution in [0.3, 0.4) is 0 Å². The fourth-order valence-corrected chi connectivity index (χ4v) is 1.50. The molecule has 0 heterocycles. The maximum atomic E-state index is 5.62. The third-order valence-corrected chi connectivity index (χ3v) is 2.75. The summed E-state index contributed by atoms with van der Waals surface area (Å²) in [5, 5.41) is 0. The minimum Gasteiger partial charge on any atom is -0.475 e. The van der Waals surface area contributed by atoms with E-state index in [1.807, 2.05) is 6.26 Å². The predicted octanol–water partition coefficient (Wildman–Crippen LogP) is 3.87. The molecule has 1 atom stereocenters. The maximum absolute atomic E-state index is 5.62. The van der Waals surface area contributed by atoms with Gasteiger partial charge in [0.1, 0.15) is 6.10 Å². The van der Waals surface area contributed by atoms with Gasteiger partial charge in [-0.1, -0.05) is 39.5 Å². The summed E-state index contributed by atoms with van der Waals surface area (Å²) >= 11 is 6.53. The highest BCUT2D eigenvalue weighted by Crippen LogP contribution is 2.24. The van der Waals surface area contributed by atoms with Crippen LogP contribution in [0.15, 0.2) is 0 Å².